The molecule has 0 saturated heterocycles. The van der Waals surface area contributed by atoms with Crippen molar-refractivity contribution < 1.29 is 13.5 Å². The molecule has 2 unspecified atom stereocenters. The van der Waals surface area contributed by atoms with Crippen molar-refractivity contribution in [3.05, 3.63) is 6.20 Å². The van der Waals surface area contributed by atoms with Crippen molar-refractivity contribution in [2.75, 3.05) is 5.73 Å². The molecule has 1 aliphatic carbocycles. The molecule has 1 aromatic heterocycles. The average Bonchev–Trinajstić information content (AvgIpc) is 2.68. The molecule has 7 nitrogen and oxygen atoms in total. The van der Waals surface area contributed by atoms with Crippen LogP contribution in [0.5, 0.6) is 0 Å². The summed E-state index contributed by atoms with van der Waals surface area (Å²) in [6.07, 6.45) is 4.89. The number of aliphatic hydroxyl groups is 1. The summed E-state index contributed by atoms with van der Waals surface area (Å²) in [5, 5.41) is 13.9. The minimum atomic E-state index is -3.75. The summed E-state index contributed by atoms with van der Waals surface area (Å²) < 4.78 is 28.8. The number of sulfonamides is 1. The van der Waals surface area contributed by atoms with Crippen LogP contribution in [0.1, 0.15) is 39.0 Å². The van der Waals surface area contributed by atoms with E-state index in [2.05, 4.69) is 9.82 Å². The fourth-order valence-corrected chi connectivity index (χ4v) is 3.85. The Labute approximate surface area is 119 Å². The van der Waals surface area contributed by atoms with E-state index in [1.54, 1.807) is 0 Å². The van der Waals surface area contributed by atoms with Gasteiger partial charge in [-0.3, -0.25) is 4.68 Å². The summed E-state index contributed by atoms with van der Waals surface area (Å²) in [6, 6.07) is -0.452. The average molecular weight is 302 g/mol. The first kappa shape index (κ1) is 15.3. The molecule has 0 aromatic carbocycles. The molecule has 0 radical (unpaired) electrons. The van der Waals surface area contributed by atoms with Crippen LogP contribution in [-0.2, 0) is 16.6 Å². The molecule has 1 heterocycles. The van der Waals surface area contributed by atoms with Crippen LogP contribution in [0, 0.1) is 0 Å². The quantitative estimate of drug-likeness (QED) is 0.700. The monoisotopic (exact) mass is 302 g/mol. The standard InChI is InChI=1S/C12H22N4O3S/c1-2-16-8-11(12(13)14-16)20(18,19)15-9-6-4-3-5-7-10(9)17/h8-10,15,17H,2-7H2,1H3,(H2,13,14). The van der Waals surface area contributed by atoms with E-state index >= 15 is 0 Å². The van der Waals surface area contributed by atoms with Gasteiger partial charge in [0.1, 0.15) is 4.90 Å². The van der Waals surface area contributed by atoms with E-state index in [1.165, 1.54) is 10.9 Å². The largest absolute Gasteiger partial charge is 0.391 e. The molecule has 1 saturated carbocycles. The summed E-state index contributed by atoms with van der Waals surface area (Å²) in [4.78, 5) is -0.0178. The van der Waals surface area contributed by atoms with Crippen LogP contribution in [0.2, 0.25) is 0 Å². The third-order valence-electron chi connectivity index (χ3n) is 3.65. The number of hydrogen-bond donors (Lipinski definition) is 3. The number of rotatable bonds is 4. The van der Waals surface area contributed by atoms with Crippen molar-refractivity contribution in [2.45, 2.75) is 62.6 Å². The third-order valence-corrected chi connectivity index (χ3v) is 5.16. The zero-order chi connectivity index (χ0) is 14.8. The second-order valence-electron chi connectivity index (χ2n) is 5.17. The number of aliphatic hydroxyl groups excluding tert-OH is 1. The van der Waals surface area contributed by atoms with Gasteiger partial charge in [0, 0.05) is 18.8 Å². The van der Waals surface area contributed by atoms with Gasteiger partial charge in [-0.25, -0.2) is 13.1 Å². The zero-order valence-electron chi connectivity index (χ0n) is 11.6. The van der Waals surface area contributed by atoms with Gasteiger partial charge in [0.2, 0.25) is 10.0 Å². The van der Waals surface area contributed by atoms with Gasteiger partial charge < -0.3 is 10.8 Å². The van der Waals surface area contributed by atoms with Gasteiger partial charge in [0.05, 0.1) is 6.10 Å². The molecule has 8 heteroatoms. The van der Waals surface area contributed by atoms with Crippen molar-refractivity contribution in [1.29, 1.82) is 0 Å². The Bertz CT molecular complexity index is 555. The first-order valence-electron chi connectivity index (χ1n) is 6.97. The van der Waals surface area contributed by atoms with E-state index in [1.807, 2.05) is 6.92 Å². The maximum absolute atomic E-state index is 12.4. The van der Waals surface area contributed by atoms with Crippen LogP contribution in [0.3, 0.4) is 0 Å². The topological polar surface area (TPSA) is 110 Å². The smallest absolute Gasteiger partial charge is 0.246 e. The Morgan fingerprint density at radius 1 is 1.45 bits per heavy atom. The maximum Gasteiger partial charge on any atom is 0.246 e. The summed E-state index contributed by atoms with van der Waals surface area (Å²) >= 11 is 0. The van der Waals surface area contributed by atoms with Crippen molar-refractivity contribution in [3.63, 3.8) is 0 Å². The van der Waals surface area contributed by atoms with Gasteiger partial charge in [-0.2, -0.15) is 5.10 Å². The zero-order valence-corrected chi connectivity index (χ0v) is 12.4. The SMILES string of the molecule is CCn1cc(S(=O)(=O)NC2CCCCCC2O)c(N)n1. The number of nitrogens with one attached hydrogen (secondary N) is 1. The van der Waals surface area contributed by atoms with Crippen LogP contribution >= 0.6 is 0 Å². The van der Waals surface area contributed by atoms with Crippen molar-refractivity contribution in [2.24, 2.45) is 0 Å². The Balaban J connectivity index is 2.19. The fraction of sp³-hybridized carbons (Fsp3) is 0.750. The molecule has 20 heavy (non-hydrogen) atoms. The predicted molar refractivity (Wildman–Crippen MR) is 75.5 cm³/mol. The molecule has 1 aliphatic rings. The summed E-state index contributed by atoms with van der Waals surface area (Å²) in [6.45, 7) is 2.40. The molecule has 4 N–H and O–H groups in total. The minimum Gasteiger partial charge on any atom is -0.391 e. The molecule has 1 fully saturated rings. The highest BCUT2D eigenvalue weighted by Gasteiger charge is 2.29. The van der Waals surface area contributed by atoms with Crippen molar-refractivity contribution >= 4 is 15.8 Å². The first-order valence-corrected chi connectivity index (χ1v) is 8.45. The molecule has 0 aliphatic heterocycles. The number of nitrogen functional groups attached to an aromatic ring is 1. The van der Waals surface area contributed by atoms with Gasteiger partial charge in [-0.1, -0.05) is 19.3 Å². The summed E-state index contributed by atoms with van der Waals surface area (Å²) in [5.74, 6) is -0.0116. The second-order valence-corrected chi connectivity index (χ2v) is 6.85. The maximum atomic E-state index is 12.4. The molecule has 0 amide bonds. The lowest BCUT2D eigenvalue weighted by molar-refractivity contribution is 0.130. The van der Waals surface area contributed by atoms with E-state index in [-0.39, 0.29) is 10.7 Å². The molecule has 1 aromatic rings. The first-order chi connectivity index (χ1) is 9.44. The molecular weight excluding hydrogens is 280 g/mol. The highest BCUT2D eigenvalue weighted by atomic mass is 32.2. The van der Waals surface area contributed by atoms with Crippen LogP contribution in [0.15, 0.2) is 11.1 Å². The van der Waals surface area contributed by atoms with E-state index in [0.29, 0.717) is 19.4 Å². The highest BCUT2D eigenvalue weighted by molar-refractivity contribution is 7.89. The number of aryl methyl sites for hydroxylation is 1. The number of anilines is 1. The number of nitrogens with zero attached hydrogens (tertiary/aromatic N) is 2. The molecule has 2 atom stereocenters. The Morgan fingerprint density at radius 2 is 2.15 bits per heavy atom. The normalized spacial score (nSPS) is 24.5. The van der Waals surface area contributed by atoms with E-state index in [4.69, 9.17) is 5.73 Å². The number of aromatic nitrogens is 2. The van der Waals surface area contributed by atoms with E-state index in [9.17, 15) is 13.5 Å². The number of nitrogens with two attached hydrogens (primary N) is 1. The third kappa shape index (κ3) is 3.31. The highest BCUT2D eigenvalue weighted by Crippen LogP contribution is 2.22. The van der Waals surface area contributed by atoms with Gasteiger partial charge in [-0.15, -0.1) is 0 Å². The van der Waals surface area contributed by atoms with Gasteiger partial charge in [0.15, 0.2) is 5.82 Å². The van der Waals surface area contributed by atoms with Gasteiger partial charge in [0.25, 0.3) is 0 Å². The Hall–Kier alpha value is -1.12. The van der Waals surface area contributed by atoms with Crippen LogP contribution < -0.4 is 10.5 Å². The molecular formula is C12H22N4O3S. The van der Waals surface area contributed by atoms with E-state index in [0.717, 1.165) is 19.3 Å². The minimum absolute atomic E-state index is 0.0116. The predicted octanol–water partition coefficient (Wildman–Crippen LogP) is 0.457. The van der Waals surface area contributed by atoms with Crippen LogP contribution in [-0.4, -0.2) is 35.5 Å². The lowest BCUT2D eigenvalue weighted by atomic mass is 10.1. The molecule has 114 valence electrons. The van der Waals surface area contributed by atoms with Crippen molar-refractivity contribution in [1.82, 2.24) is 14.5 Å². The summed E-state index contributed by atoms with van der Waals surface area (Å²) in [5.41, 5.74) is 5.66. The van der Waals surface area contributed by atoms with Crippen molar-refractivity contribution in [3.8, 4) is 0 Å². The summed E-state index contributed by atoms with van der Waals surface area (Å²) in [7, 11) is -3.75. The lowest BCUT2D eigenvalue weighted by Gasteiger charge is -2.21. The second kappa shape index (κ2) is 6.11. The molecule has 0 spiro atoms. The molecule has 2 rings (SSSR count). The van der Waals surface area contributed by atoms with Gasteiger partial charge >= 0.3 is 0 Å². The van der Waals surface area contributed by atoms with Crippen LogP contribution in [0.25, 0.3) is 0 Å². The Morgan fingerprint density at radius 3 is 2.80 bits per heavy atom. The fourth-order valence-electron chi connectivity index (χ4n) is 2.48. The molecule has 0 bridgehead atoms. The Kier molecular flexibility index (Phi) is 4.66. The van der Waals surface area contributed by atoms with Crippen LogP contribution in [0.4, 0.5) is 5.82 Å². The number of hydrogen-bond acceptors (Lipinski definition) is 5. The van der Waals surface area contributed by atoms with Gasteiger partial charge in [-0.05, 0) is 19.8 Å². The lowest BCUT2D eigenvalue weighted by Crippen LogP contribution is -2.42. The van der Waals surface area contributed by atoms with E-state index < -0.39 is 22.2 Å².